The van der Waals surface area contributed by atoms with Gasteiger partial charge in [0.1, 0.15) is 6.54 Å². The van der Waals surface area contributed by atoms with E-state index in [1.165, 1.54) is 120 Å². The van der Waals surface area contributed by atoms with E-state index in [2.05, 4.69) is 38.3 Å². The monoisotopic (exact) mass is 522 g/mol. The molecule has 6 heteroatoms. The fourth-order valence-electron chi connectivity index (χ4n) is 5.11. The number of unbranched alkanes of at least 4 members (excludes halogenated alkanes) is 16. The van der Waals surface area contributed by atoms with Gasteiger partial charge < -0.3 is 4.90 Å². The van der Waals surface area contributed by atoms with Crippen molar-refractivity contribution in [1.82, 2.24) is 20.4 Å². The summed E-state index contributed by atoms with van der Waals surface area (Å²) in [6.45, 7) is 9.82. The Bertz CT molecular complexity index is 571. The van der Waals surface area contributed by atoms with Gasteiger partial charge in [0.15, 0.2) is 0 Å². The van der Waals surface area contributed by atoms with Gasteiger partial charge in [-0.25, -0.2) is 9.69 Å². The lowest BCUT2D eigenvalue weighted by Gasteiger charge is -2.22. The minimum Gasteiger partial charge on any atom is -0.302 e. The number of carbonyl (C=O) groups is 2. The van der Waals surface area contributed by atoms with Gasteiger partial charge in [-0.2, -0.15) is 0 Å². The van der Waals surface area contributed by atoms with Crippen LogP contribution in [0.1, 0.15) is 156 Å². The Hall–Kier alpha value is -1.14. The third-order valence-corrected chi connectivity index (χ3v) is 7.84. The fraction of sp³-hybridized carbons (Fsp3) is 0.935. The molecule has 0 aromatic rings. The van der Waals surface area contributed by atoms with E-state index in [9.17, 15) is 9.59 Å². The number of urea groups is 1. The van der Waals surface area contributed by atoms with Gasteiger partial charge in [-0.3, -0.25) is 15.4 Å². The first kappa shape index (κ1) is 33.9. The molecule has 0 aromatic heterocycles. The molecule has 0 aliphatic carbocycles. The van der Waals surface area contributed by atoms with Gasteiger partial charge in [-0.1, -0.05) is 129 Å². The van der Waals surface area contributed by atoms with Crippen molar-refractivity contribution in [3.05, 3.63) is 0 Å². The lowest BCUT2D eigenvalue weighted by atomic mass is 10.0. The molecule has 0 aromatic carbocycles. The maximum absolute atomic E-state index is 12.7. The molecule has 1 fully saturated rings. The van der Waals surface area contributed by atoms with Crippen molar-refractivity contribution in [2.75, 3.05) is 19.9 Å². The van der Waals surface area contributed by atoms with Crippen LogP contribution in [-0.4, -0.2) is 53.7 Å². The van der Waals surface area contributed by atoms with E-state index >= 15 is 0 Å². The van der Waals surface area contributed by atoms with Crippen LogP contribution in [0.4, 0.5) is 4.79 Å². The van der Waals surface area contributed by atoms with Crippen molar-refractivity contribution >= 4 is 11.9 Å². The van der Waals surface area contributed by atoms with Gasteiger partial charge in [-0.15, -0.1) is 0 Å². The summed E-state index contributed by atoms with van der Waals surface area (Å²) in [5, 5.41) is 6.84. The third-order valence-electron chi connectivity index (χ3n) is 7.84. The van der Waals surface area contributed by atoms with Crippen molar-refractivity contribution < 1.29 is 9.59 Å². The number of hydrogen-bond donors (Lipinski definition) is 2. The van der Waals surface area contributed by atoms with Crippen LogP contribution >= 0.6 is 0 Å². The van der Waals surface area contributed by atoms with Gasteiger partial charge >= 0.3 is 6.03 Å². The molecule has 0 radical (unpaired) electrons. The van der Waals surface area contributed by atoms with Crippen LogP contribution in [0.2, 0.25) is 0 Å². The predicted octanol–water partition coefficient (Wildman–Crippen LogP) is 7.96. The molecular formula is C31H62N4O2. The van der Waals surface area contributed by atoms with E-state index in [0.717, 1.165) is 12.8 Å². The average Bonchev–Trinajstić information content (AvgIpc) is 3.16. The molecule has 1 aliphatic heterocycles. The largest absolute Gasteiger partial charge is 0.329 e. The second-order valence-electron chi connectivity index (χ2n) is 11.6. The SMILES string of the molecule is CCCCCCCCCCCC(C)NCN1CC(=O)N(CNC(C)CCCCCCCCCCC)C1=O. The predicted molar refractivity (Wildman–Crippen MR) is 158 cm³/mol. The quantitative estimate of drug-likeness (QED) is 0.0893. The number of nitrogens with zero attached hydrogens (tertiary/aromatic N) is 2. The topological polar surface area (TPSA) is 64.7 Å². The Morgan fingerprint density at radius 2 is 0.973 bits per heavy atom. The van der Waals surface area contributed by atoms with Gasteiger partial charge in [0.2, 0.25) is 0 Å². The molecule has 1 heterocycles. The molecule has 218 valence electrons. The Kier molecular flexibility index (Phi) is 20.9. The lowest BCUT2D eigenvalue weighted by molar-refractivity contribution is -0.125. The number of rotatable bonds is 26. The average molecular weight is 523 g/mol. The number of imide groups is 1. The Labute approximate surface area is 230 Å². The number of hydrogen-bond acceptors (Lipinski definition) is 4. The van der Waals surface area contributed by atoms with Crippen molar-refractivity contribution in [3.8, 4) is 0 Å². The van der Waals surface area contributed by atoms with Gasteiger partial charge in [-0.05, 0) is 26.7 Å². The van der Waals surface area contributed by atoms with E-state index in [4.69, 9.17) is 0 Å². The zero-order valence-electron chi connectivity index (χ0n) is 25.1. The molecule has 0 bridgehead atoms. The molecule has 1 saturated heterocycles. The summed E-state index contributed by atoms with van der Waals surface area (Å²) in [4.78, 5) is 28.2. The summed E-state index contributed by atoms with van der Waals surface area (Å²) in [7, 11) is 0. The molecule has 37 heavy (non-hydrogen) atoms. The van der Waals surface area contributed by atoms with E-state index < -0.39 is 0 Å². The Morgan fingerprint density at radius 3 is 1.41 bits per heavy atom. The molecular weight excluding hydrogens is 460 g/mol. The maximum atomic E-state index is 12.7. The second-order valence-corrected chi connectivity index (χ2v) is 11.6. The first-order chi connectivity index (χ1) is 18.0. The van der Waals surface area contributed by atoms with Crippen LogP contribution in [0, 0.1) is 0 Å². The van der Waals surface area contributed by atoms with E-state index in [-0.39, 0.29) is 18.5 Å². The third kappa shape index (κ3) is 17.1. The summed E-state index contributed by atoms with van der Waals surface area (Å²) >= 11 is 0. The highest BCUT2D eigenvalue weighted by molar-refractivity contribution is 6.01. The standard InChI is InChI=1S/C31H62N4O2/c1-5-7-9-11-13-15-17-19-21-23-28(3)32-26-34-25-30(36)35(31(34)37)27-33-29(4)24-22-20-18-16-14-12-10-8-6-2/h28-29,32-33H,5-27H2,1-4H3. The number of amides is 3. The van der Waals surface area contributed by atoms with Crippen LogP contribution in [-0.2, 0) is 4.79 Å². The summed E-state index contributed by atoms with van der Waals surface area (Å²) in [6, 6.07) is 0.500. The van der Waals surface area contributed by atoms with E-state index in [1.54, 1.807) is 4.90 Å². The molecule has 1 aliphatic rings. The zero-order valence-corrected chi connectivity index (χ0v) is 25.1. The van der Waals surface area contributed by atoms with Crippen molar-refractivity contribution in [1.29, 1.82) is 0 Å². The van der Waals surface area contributed by atoms with Gasteiger partial charge in [0.25, 0.3) is 5.91 Å². The molecule has 2 atom stereocenters. The summed E-state index contributed by atoms with van der Waals surface area (Å²) in [6.07, 6.45) is 26.2. The first-order valence-electron chi connectivity index (χ1n) is 16.1. The minimum absolute atomic E-state index is 0.0961. The second kappa shape index (κ2) is 22.8. The molecule has 0 spiro atoms. The molecule has 2 N–H and O–H groups in total. The lowest BCUT2D eigenvalue weighted by Crippen LogP contribution is -2.44. The molecule has 3 amide bonds. The maximum Gasteiger partial charge on any atom is 0.329 e. The summed E-state index contributed by atoms with van der Waals surface area (Å²) < 4.78 is 0. The van der Waals surface area contributed by atoms with E-state index in [1.807, 2.05) is 0 Å². The zero-order chi connectivity index (χ0) is 27.1. The summed E-state index contributed by atoms with van der Waals surface area (Å²) in [5.74, 6) is -0.0961. The number of carbonyl (C=O) groups excluding carboxylic acids is 2. The summed E-state index contributed by atoms with van der Waals surface area (Å²) in [5.41, 5.74) is 0. The van der Waals surface area contributed by atoms with Crippen molar-refractivity contribution in [2.45, 2.75) is 168 Å². The Balaban J connectivity index is 2.07. The fourth-order valence-corrected chi connectivity index (χ4v) is 5.11. The van der Waals surface area contributed by atoms with Gasteiger partial charge in [0.05, 0.1) is 13.3 Å². The Morgan fingerprint density at radius 1 is 0.595 bits per heavy atom. The smallest absolute Gasteiger partial charge is 0.302 e. The van der Waals surface area contributed by atoms with Crippen LogP contribution < -0.4 is 10.6 Å². The highest BCUT2D eigenvalue weighted by Gasteiger charge is 2.35. The van der Waals surface area contributed by atoms with Gasteiger partial charge in [0, 0.05) is 12.1 Å². The normalized spacial score (nSPS) is 15.7. The molecule has 6 nitrogen and oxygen atoms in total. The highest BCUT2D eigenvalue weighted by atomic mass is 16.2. The van der Waals surface area contributed by atoms with Crippen molar-refractivity contribution in [2.24, 2.45) is 0 Å². The van der Waals surface area contributed by atoms with Crippen molar-refractivity contribution in [3.63, 3.8) is 0 Å². The molecule has 0 saturated carbocycles. The minimum atomic E-state index is -0.171. The van der Waals surface area contributed by atoms with Crippen LogP contribution in [0.5, 0.6) is 0 Å². The van der Waals surface area contributed by atoms with E-state index in [0.29, 0.717) is 25.4 Å². The van der Waals surface area contributed by atoms with Crippen LogP contribution in [0.25, 0.3) is 0 Å². The molecule has 1 rings (SSSR count). The van der Waals surface area contributed by atoms with Crippen LogP contribution in [0.15, 0.2) is 0 Å². The number of nitrogens with one attached hydrogen (secondary N) is 2. The highest BCUT2D eigenvalue weighted by Crippen LogP contribution is 2.14. The van der Waals surface area contributed by atoms with Crippen LogP contribution in [0.3, 0.4) is 0 Å². The first-order valence-corrected chi connectivity index (χ1v) is 16.1. The molecule has 2 unspecified atom stereocenters.